The number of thioether (sulfide) groups is 1. The number of nitrogens with one attached hydrogen (secondary N) is 2. The average molecular weight is 340 g/mol. The Morgan fingerprint density at radius 1 is 1.21 bits per heavy atom. The van der Waals surface area contributed by atoms with Gasteiger partial charge in [0, 0.05) is 24.1 Å². The molecule has 3 rings (SSSR count). The number of nitrogens with zero attached hydrogens (tertiary/aromatic N) is 2. The number of aromatic amines is 1. The Balaban J connectivity index is 1.54. The molecule has 6 nitrogen and oxygen atoms in total. The van der Waals surface area contributed by atoms with Crippen molar-refractivity contribution in [2.75, 3.05) is 12.3 Å². The molecule has 0 saturated carbocycles. The van der Waals surface area contributed by atoms with Gasteiger partial charge in [0.05, 0.1) is 10.7 Å². The molecule has 1 amide bonds. The lowest BCUT2D eigenvalue weighted by Gasteiger charge is -2.03. The summed E-state index contributed by atoms with van der Waals surface area (Å²) in [5.74, 6) is 0.622. The van der Waals surface area contributed by atoms with E-state index in [2.05, 4.69) is 20.5 Å². The Kier molecular flexibility index (Phi) is 5.12. The monoisotopic (exact) mass is 340 g/mol. The number of pyridine rings is 1. The van der Waals surface area contributed by atoms with Crippen LogP contribution in [0.4, 0.5) is 0 Å². The van der Waals surface area contributed by atoms with Gasteiger partial charge in [-0.2, -0.15) is 5.10 Å². The lowest BCUT2D eigenvalue weighted by molar-refractivity contribution is 0.0951. The molecule has 0 aliphatic rings. The number of carbonyl (C=O) groups excluding carboxylic acids is 1. The highest BCUT2D eigenvalue weighted by Crippen LogP contribution is 2.27. The molecule has 3 N–H and O–H groups in total. The zero-order valence-electron chi connectivity index (χ0n) is 12.8. The first kappa shape index (κ1) is 16.1. The summed E-state index contributed by atoms with van der Waals surface area (Å²) in [7, 11) is 0. The number of phenolic OH excluding ortho intramolecular Hbond substituents is 1. The van der Waals surface area contributed by atoms with Crippen LogP contribution in [-0.2, 0) is 0 Å². The quantitative estimate of drug-likeness (QED) is 0.474. The third kappa shape index (κ3) is 3.94. The standard InChI is InChI=1S/C17H16N4O2S/c22-15-6-2-1-5-12(15)13-11-14(21-20-13)17(23)19-9-10-24-16-7-3-4-8-18-16/h1-8,11,22H,9-10H2,(H,19,23)(H,20,21). The zero-order chi connectivity index (χ0) is 16.8. The second-order valence-electron chi connectivity index (χ2n) is 4.96. The molecule has 2 heterocycles. The van der Waals surface area contributed by atoms with Gasteiger partial charge < -0.3 is 10.4 Å². The van der Waals surface area contributed by atoms with Gasteiger partial charge in [0.1, 0.15) is 11.4 Å². The molecular formula is C17H16N4O2S. The van der Waals surface area contributed by atoms with E-state index in [0.29, 0.717) is 23.5 Å². The Hall–Kier alpha value is -2.80. The lowest BCUT2D eigenvalue weighted by atomic mass is 10.1. The Morgan fingerprint density at radius 3 is 2.83 bits per heavy atom. The largest absolute Gasteiger partial charge is 0.507 e. The van der Waals surface area contributed by atoms with E-state index in [0.717, 1.165) is 10.8 Å². The van der Waals surface area contributed by atoms with Crippen LogP contribution in [0.3, 0.4) is 0 Å². The first-order valence-corrected chi connectivity index (χ1v) is 8.38. The number of aromatic hydroxyl groups is 1. The van der Waals surface area contributed by atoms with Gasteiger partial charge in [0.2, 0.25) is 0 Å². The van der Waals surface area contributed by atoms with E-state index in [9.17, 15) is 9.90 Å². The maximum Gasteiger partial charge on any atom is 0.269 e. The zero-order valence-corrected chi connectivity index (χ0v) is 13.6. The normalized spacial score (nSPS) is 10.5. The number of hydrogen-bond acceptors (Lipinski definition) is 5. The molecule has 7 heteroatoms. The summed E-state index contributed by atoms with van der Waals surface area (Å²) in [5, 5.41) is 20.4. The van der Waals surface area contributed by atoms with Crippen LogP contribution in [-0.4, -0.2) is 38.5 Å². The SMILES string of the molecule is O=C(NCCSc1ccccn1)c1cc(-c2ccccc2O)n[nH]1. The van der Waals surface area contributed by atoms with Crippen molar-refractivity contribution in [3.63, 3.8) is 0 Å². The van der Waals surface area contributed by atoms with Gasteiger partial charge in [0.25, 0.3) is 5.91 Å². The molecule has 3 aromatic rings. The molecule has 2 aromatic heterocycles. The highest BCUT2D eigenvalue weighted by Gasteiger charge is 2.12. The molecule has 0 aliphatic heterocycles. The van der Waals surface area contributed by atoms with Crippen LogP contribution >= 0.6 is 11.8 Å². The van der Waals surface area contributed by atoms with E-state index in [1.165, 1.54) is 0 Å². The van der Waals surface area contributed by atoms with Crippen molar-refractivity contribution in [1.82, 2.24) is 20.5 Å². The third-order valence-electron chi connectivity index (χ3n) is 3.28. The number of aromatic nitrogens is 3. The first-order chi connectivity index (χ1) is 11.7. The van der Waals surface area contributed by atoms with Gasteiger partial charge in [-0.15, -0.1) is 11.8 Å². The van der Waals surface area contributed by atoms with E-state index >= 15 is 0 Å². The van der Waals surface area contributed by atoms with E-state index in [1.54, 1.807) is 48.3 Å². The number of para-hydroxylation sites is 1. The fraction of sp³-hybridized carbons (Fsp3) is 0.118. The predicted octanol–water partition coefficient (Wildman–Crippen LogP) is 2.70. The van der Waals surface area contributed by atoms with Crippen LogP contribution in [0.1, 0.15) is 10.5 Å². The smallest absolute Gasteiger partial charge is 0.269 e. The Bertz CT molecular complexity index is 820. The summed E-state index contributed by atoms with van der Waals surface area (Å²) in [6.07, 6.45) is 1.74. The fourth-order valence-electron chi connectivity index (χ4n) is 2.11. The minimum absolute atomic E-state index is 0.128. The lowest BCUT2D eigenvalue weighted by Crippen LogP contribution is -2.26. The molecule has 0 fully saturated rings. The molecule has 0 saturated heterocycles. The summed E-state index contributed by atoms with van der Waals surface area (Å²) < 4.78 is 0. The highest BCUT2D eigenvalue weighted by molar-refractivity contribution is 7.99. The van der Waals surface area contributed by atoms with Crippen molar-refractivity contribution >= 4 is 17.7 Å². The second-order valence-corrected chi connectivity index (χ2v) is 6.07. The van der Waals surface area contributed by atoms with E-state index in [4.69, 9.17) is 0 Å². The van der Waals surface area contributed by atoms with E-state index in [-0.39, 0.29) is 11.7 Å². The molecule has 0 spiro atoms. The molecule has 0 atom stereocenters. The molecule has 0 unspecified atom stereocenters. The number of phenols is 1. The van der Waals surface area contributed by atoms with Crippen LogP contribution in [0.5, 0.6) is 5.75 Å². The minimum atomic E-state index is -0.231. The number of H-pyrrole nitrogens is 1. The molecule has 0 aliphatic carbocycles. The van der Waals surface area contributed by atoms with Crippen LogP contribution in [0.15, 0.2) is 59.8 Å². The van der Waals surface area contributed by atoms with Crippen molar-refractivity contribution in [1.29, 1.82) is 0 Å². The summed E-state index contributed by atoms with van der Waals surface area (Å²) in [5.41, 5.74) is 1.47. The van der Waals surface area contributed by atoms with Crippen molar-refractivity contribution in [2.45, 2.75) is 5.03 Å². The molecular weight excluding hydrogens is 324 g/mol. The molecule has 0 radical (unpaired) electrons. The van der Waals surface area contributed by atoms with Gasteiger partial charge in [0.15, 0.2) is 0 Å². The molecule has 122 valence electrons. The molecule has 0 bridgehead atoms. The topological polar surface area (TPSA) is 90.9 Å². The van der Waals surface area contributed by atoms with Gasteiger partial charge in [-0.1, -0.05) is 18.2 Å². The number of rotatable bonds is 6. The number of amides is 1. The predicted molar refractivity (Wildman–Crippen MR) is 93.0 cm³/mol. The van der Waals surface area contributed by atoms with Gasteiger partial charge in [-0.05, 0) is 30.3 Å². The molecule has 1 aromatic carbocycles. The van der Waals surface area contributed by atoms with Crippen LogP contribution in [0.2, 0.25) is 0 Å². The van der Waals surface area contributed by atoms with E-state index in [1.807, 2.05) is 18.2 Å². The van der Waals surface area contributed by atoms with Crippen molar-refractivity contribution in [3.05, 3.63) is 60.4 Å². The summed E-state index contributed by atoms with van der Waals surface area (Å²) in [4.78, 5) is 16.3. The van der Waals surface area contributed by atoms with Crippen LogP contribution in [0.25, 0.3) is 11.3 Å². The summed E-state index contributed by atoms with van der Waals surface area (Å²) in [6.45, 7) is 0.519. The van der Waals surface area contributed by atoms with Crippen LogP contribution in [0, 0.1) is 0 Å². The second kappa shape index (κ2) is 7.65. The Labute approximate surface area is 143 Å². The van der Waals surface area contributed by atoms with Gasteiger partial charge >= 0.3 is 0 Å². The number of hydrogen-bond donors (Lipinski definition) is 3. The number of carbonyl (C=O) groups is 1. The third-order valence-corrected chi connectivity index (χ3v) is 4.22. The van der Waals surface area contributed by atoms with Gasteiger partial charge in [-0.25, -0.2) is 4.98 Å². The van der Waals surface area contributed by atoms with Crippen molar-refractivity contribution in [2.24, 2.45) is 0 Å². The van der Waals surface area contributed by atoms with Gasteiger partial charge in [-0.3, -0.25) is 9.89 Å². The highest BCUT2D eigenvalue weighted by atomic mass is 32.2. The van der Waals surface area contributed by atoms with Crippen molar-refractivity contribution < 1.29 is 9.90 Å². The van der Waals surface area contributed by atoms with Crippen LogP contribution < -0.4 is 5.32 Å². The average Bonchev–Trinajstić information content (AvgIpc) is 3.10. The molecule has 24 heavy (non-hydrogen) atoms. The minimum Gasteiger partial charge on any atom is -0.507 e. The number of benzene rings is 1. The maximum atomic E-state index is 12.1. The van der Waals surface area contributed by atoms with E-state index < -0.39 is 0 Å². The summed E-state index contributed by atoms with van der Waals surface area (Å²) in [6, 6.07) is 14.2. The summed E-state index contributed by atoms with van der Waals surface area (Å²) >= 11 is 1.58. The Morgan fingerprint density at radius 2 is 2.04 bits per heavy atom. The first-order valence-electron chi connectivity index (χ1n) is 7.40. The van der Waals surface area contributed by atoms with Crippen molar-refractivity contribution in [3.8, 4) is 17.0 Å². The fourth-order valence-corrected chi connectivity index (χ4v) is 2.84. The maximum absolute atomic E-state index is 12.1.